The normalized spacial score (nSPS) is 11.2. The van der Waals surface area contributed by atoms with Crippen molar-refractivity contribution >= 4 is 10.9 Å². The summed E-state index contributed by atoms with van der Waals surface area (Å²) in [4.78, 5) is 0. The van der Waals surface area contributed by atoms with E-state index in [1.165, 1.54) is 5.56 Å². The fraction of sp³-hybridized carbons (Fsp3) is 0.150. The van der Waals surface area contributed by atoms with Crippen LogP contribution in [0.4, 0.5) is 0 Å². The first-order chi connectivity index (χ1) is 11.8. The van der Waals surface area contributed by atoms with E-state index in [1.807, 2.05) is 54.2 Å². The van der Waals surface area contributed by atoms with Crippen molar-refractivity contribution in [1.29, 1.82) is 0 Å². The second-order valence-corrected chi connectivity index (χ2v) is 5.93. The van der Waals surface area contributed by atoms with Crippen LogP contribution in [0.2, 0.25) is 0 Å². The molecule has 4 aromatic rings. The molecule has 4 heteroatoms. The Kier molecular flexibility index (Phi) is 3.67. The summed E-state index contributed by atoms with van der Waals surface area (Å²) < 4.78 is 4.05. The Morgan fingerprint density at radius 3 is 2.46 bits per heavy atom. The number of rotatable bonds is 4. The number of aliphatic hydroxyl groups excluding tert-OH is 1. The van der Waals surface area contributed by atoms with Crippen molar-refractivity contribution in [2.75, 3.05) is 0 Å². The number of para-hydroxylation sites is 1. The number of aryl methyl sites for hydroxylation is 1. The van der Waals surface area contributed by atoms with E-state index in [0.29, 0.717) is 6.54 Å². The quantitative estimate of drug-likeness (QED) is 0.625. The minimum absolute atomic E-state index is 0.0115. The third-order valence-electron chi connectivity index (χ3n) is 4.42. The Morgan fingerprint density at radius 2 is 1.67 bits per heavy atom. The summed E-state index contributed by atoms with van der Waals surface area (Å²) >= 11 is 0. The molecule has 0 amide bonds. The predicted molar refractivity (Wildman–Crippen MR) is 95.6 cm³/mol. The summed E-state index contributed by atoms with van der Waals surface area (Å²) in [5.41, 5.74) is 5.17. The summed E-state index contributed by atoms with van der Waals surface area (Å²) in [5, 5.41) is 15.6. The van der Waals surface area contributed by atoms with Crippen LogP contribution in [0, 0.1) is 0 Å². The Bertz CT molecular complexity index is 983. The maximum atomic E-state index is 9.73. The fourth-order valence-electron chi connectivity index (χ4n) is 3.21. The zero-order valence-electron chi connectivity index (χ0n) is 13.6. The molecule has 24 heavy (non-hydrogen) atoms. The number of nitrogens with zero attached hydrogens (tertiary/aromatic N) is 3. The Balaban J connectivity index is 1.88. The number of hydrogen-bond acceptors (Lipinski definition) is 2. The molecule has 0 saturated heterocycles. The van der Waals surface area contributed by atoms with Crippen LogP contribution in [-0.4, -0.2) is 19.5 Å². The predicted octanol–water partition coefficient (Wildman–Crippen LogP) is 3.58. The fourth-order valence-corrected chi connectivity index (χ4v) is 3.21. The van der Waals surface area contributed by atoms with Crippen molar-refractivity contribution in [2.45, 2.75) is 13.2 Å². The number of fused-ring (bicyclic) bond motifs is 1. The van der Waals surface area contributed by atoms with E-state index >= 15 is 0 Å². The highest BCUT2D eigenvalue weighted by atomic mass is 16.3. The van der Waals surface area contributed by atoms with Gasteiger partial charge in [-0.15, -0.1) is 0 Å². The van der Waals surface area contributed by atoms with Crippen molar-refractivity contribution < 1.29 is 5.11 Å². The van der Waals surface area contributed by atoms with Crippen LogP contribution in [0.25, 0.3) is 22.3 Å². The molecule has 4 nitrogen and oxygen atoms in total. The summed E-state index contributed by atoms with van der Waals surface area (Å²) in [7, 11) is 1.96. The van der Waals surface area contributed by atoms with Gasteiger partial charge in [0.25, 0.3) is 0 Å². The zero-order chi connectivity index (χ0) is 16.5. The van der Waals surface area contributed by atoms with Gasteiger partial charge in [-0.25, -0.2) is 0 Å². The third-order valence-corrected chi connectivity index (χ3v) is 4.42. The molecule has 120 valence electrons. The third kappa shape index (κ3) is 2.41. The average Bonchev–Trinajstić information content (AvgIpc) is 3.17. The van der Waals surface area contributed by atoms with Gasteiger partial charge in [0.1, 0.15) is 5.69 Å². The standard InChI is InChI=1S/C20H19N3O/c1-22-18-10-6-5-9-17(18)20(21-22)19-12-11-16(14-24)23(19)13-15-7-3-2-4-8-15/h2-12,24H,13-14H2,1H3. The highest BCUT2D eigenvalue weighted by Crippen LogP contribution is 2.29. The molecule has 0 aliphatic carbocycles. The van der Waals surface area contributed by atoms with Crippen LogP contribution < -0.4 is 0 Å². The number of aromatic nitrogens is 3. The Hall–Kier alpha value is -2.85. The first-order valence-corrected chi connectivity index (χ1v) is 8.03. The molecule has 2 aromatic carbocycles. The van der Waals surface area contributed by atoms with Crippen LogP contribution in [0.1, 0.15) is 11.3 Å². The molecule has 2 aromatic heterocycles. The van der Waals surface area contributed by atoms with Gasteiger partial charge in [0, 0.05) is 24.7 Å². The second-order valence-electron chi connectivity index (χ2n) is 5.93. The van der Waals surface area contributed by atoms with Gasteiger partial charge >= 0.3 is 0 Å². The molecule has 0 aliphatic rings. The number of aliphatic hydroxyl groups is 1. The van der Waals surface area contributed by atoms with Crippen molar-refractivity contribution in [1.82, 2.24) is 14.3 Å². The van der Waals surface area contributed by atoms with Gasteiger partial charge in [-0.3, -0.25) is 4.68 Å². The van der Waals surface area contributed by atoms with Crippen LogP contribution in [0.3, 0.4) is 0 Å². The van der Waals surface area contributed by atoms with Gasteiger partial charge in [0.2, 0.25) is 0 Å². The van der Waals surface area contributed by atoms with E-state index in [4.69, 9.17) is 5.10 Å². The van der Waals surface area contributed by atoms with Gasteiger partial charge < -0.3 is 9.67 Å². The zero-order valence-corrected chi connectivity index (χ0v) is 13.6. The molecule has 0 saturated carbocycles. The monoisotopic (exact) mass is 317 g/mol. The molecule has 0 aliphatic heterocycles. The maximum absolute atomic E-state index is 9.73. The van der Waals surface area contributed by atoms with E-state index < -0.39 is 0 Å². The molecule has 1 N–H and O–H groups in total. The van der Waals surface area contributed by atoms with Crippen molar-refractivity contribution in [3.63, 3.8) is 0 Å². The van der Waals surface area contributed by atoms with Crippen LogP contribution in [0.5, 0.6) is 0 Å². The minimum Gasteiger partial charge on any atom is -0.390 e. The van der Waals surface area contributed by atoms with Crippen molar-refractivity contribution in [2.24, 2.45) is 7.05 Å². The lowest BCUT2D eigenvalue weighted by atomic mass is 10.1. The summed E-state index contributed by atoms with van der Waals surface area (Å²) in [6.07, 6.45) is 0. The second kappa shape index (κ2) is 5.98. The van der Waals surface area contributed by atoms with Crippen LogP contribution in [-0.2, 0) is 20.2 Å². The SMILES string of the molecule is Cn1nc(-c2ccc(CO)n2Cc2ccccc2)c2ccccc21. The molecule has 4 rings (SSSR count). The van der Waals surface area contributed by atoms with Gasteiger partial charge in [0.15, 0.2) is 0 Å². The van der Waals surface area contributed by atoms with Crippen LogP contribution >= 0.6 is 0 Å². The van der Waals surface area contributed by atoms with E-state index in [-0.39, 0.29) is 6.61 Å². The highest BCUT2D eigenvalue weighted by molar-refractivity contribution is 5.92. The smallest absolute Gasteiger partial charge is 0.117 e. The molecular formula is C20H19N3O. The molecular weight excluding hydrogens is 298 g/mol. The van der Waals surface area contributed by atoms with Gasteiger partial charge in [-0.05, 0) is 23.8 Å². The average molecular weight is 317 g/mol. The lowest BCUT2D eigenvalue weighted by Crippen LogP contribution is -2.06. The number of hydrogen-bond donors (Lipinski definition) is 1. The summed E-state index contributed by atoms with van der Waals surface area (Å²) in [5.74, 6) is 0. The lowest BCUT2D eigenvalue weighted by Gasteiger charge is -2.12. The van der Waals surface area contributed by atoms with Gasteiger partial charge in [-0.1, -0.05) is 48.5 Å². The summed E-state index contributed by atoms with van der Waals surface area (Å²) in [6, 6.07) is 22.5. The molecule has 0 radical (unpaired) electrons. The van der Waals surface area contributed by atoms with Crippen LogP contribution in [0.15, 0.2) is 66.7 Å². The Labute approximate surface area is 140 Å². The molecule has 0 fully saturated rings. The van der Waals surface area contributed by atoms with E-state index in [2.05, 4.69) is 28.8 Å². The van der Waals surface area contributed by atoms with Gasteiger partial charge in [0.05, 0.1) is 17.8 Å². The van der Waals surface area contributed by atoms with Gasteiger partial charge in [-0.2, -0.15) is 5.10 Å². The molecule has 0 unspecified atom stereocenters. The lowest BCUT2D eigenvalue weighted by molar-refractivity contribution is 0.272. The first kappa shape index (κ1) is 14.7. The first-order valence-electron chi connectivity index (χ1n) is 8.03. The highest BCUT2D eigenvalue weighted by Gasteiger charge is 2.16. The van der Waals surface area contributed by atoms with Crippen molar-refractivity contribution in [3.05, 3.63) is 78.0 Å². The van der Waals surface area contributed by atoms with E-state index in [1.54, 1.807) is 0 Å². The topological polar surface area (TPSA) is 43.0 Å². The molecule has 2 heterocycles. The molecule has 0 bridgehead atoms. The maximum Gasteiger partial charge on any atom is 0.117 e. The number of benzene rings is 2. The largest absolute Gasteiger partial charge is 0.390 e. The minimum atomic E-state index is 0.0115. The molecule has 0 spiro atoms. The molecule has 0 atom stereocenters. The van der Waals surface area contributed by atoms with E-state index in [9.17, 15) is 5.11 Å². The Morgan fingerprint density at radius 1 is 0.917 bits per heavy atom. The van der Waals surface area contributed by atoms with Crippen molar-refractivity contribution in [3.8, 4) is 11.4 Å². The van der Waals surface area contributed by atoms with E-state index in [0.717, 1.165) is 28.0 Å². The summed E-state index contributed by atoms with van der Waals surface area (Å²) in [6.45, 7) is 0.724.